The monoisotopic (exact) mass is 479 g/mol. The van der Waals surface area contributed by atoms with Crippen molar-refractivity contribution in [3.8, 4) is 0 Å². The highest BCUT2D eigenvalue weighted by atomic mass is 16.4. The largest absolute Gasteiger partial charge is 0.480 e. The third-order valence-corrected chi connectivity index (χ3v) is 5.93. The highest BCUT2D eigenvalue weighted by molar-refractivity contribution is 5.93. The fraction of sp³-hybridized carbons (Fsp3) is 0.346. The van der Waals surface area contributed by atoms with Crippen LogP contribution in [0.15, 0.2) is 60.8 Å². The molecule has 35 heavy (non-hydrogen) atoms. The zero-order valence-corrected chi connectivity index (χ0v) is 19.6. The SMILES string of the molecule is NCCCC[C@H](NC(=O)[C@H](Cc1c[nH]c2ccccc12)NC(=O)[C@@H](N)Cc1ccccc1)C(=O)O. The van der Waals surface area contributed by atoms with Gasteiger partial charge in [0.1, 0.15) is 12.1 Å². The van der Waals surface area contributed by atoms with Crippen LogP contribution < -0.4 is 22.1 Å². The van der Waals surface area contributed by atoms with Crippen LogP contribution in [0, 0.1) is 0 Å². The number of carbonyl (C=O) groups is 3. The second-order valence-corrected chi connectivity index (χ2v) is 8.60. The van der Waals surface area contributed by atoms with Gasteiger partial charge in [0.25, 0.3) is 0 Å². The van der Waals surface area contributed by atoms with Gasteiger partial charge >= 0.3 is 5.97 Å². The van der Waals surface area contributed by atoms with Gasteiger partial charge in [-0.15, -0.1) is 0 Å². The lowest BCUT2D eigenvalue weighted by Crippen LogP contribution is -2.55. The van der Waals surface area contributed by atoms with Crippen molar-refractivity contribution in [2.45, 2.75) is 50.2 Å². The first-order valence-electron chi connectivity index (χ1n) is 11.8. The summed E-state index contributed by atoms with van der Waals surface area (Å²) in [6.07, 6.45) is 3.74. The van der Waals surface area contributed by atoms with Gasteiger partial charge in [-0.25, -0.2) is 4.79 Å². The smallest absolute Gasteiger partial charge is 0.326 e. The third-order valence-electron chi connectivity index (χ3n) is 5.93. The van der Waals surface area contributed by atoms with Gasteiger partial charge < -0.3 is 32.2 Å². The number of carboxylic acids is 1. The predicted molar refractivity (Wildman–Crippen MR) is 135 cm³/mol. The average molecular weight is 480 g/mol. The van der Waals surface area contributed by atoms with Gasteiger partial charge in [-0.2, -0.15) is 0 Å². The van der Waals surface area contributed by atoms with Crippen LogP contribution in [0.2, 0.25) is 0 Å². The maximum Gasteiger partial charge on any atom is 0.326 e. The molecule has 0 saturated carbocycles. The summed E-state index contributed by atoms with van der Waals surface area (Å²) in [5.74, 6) is -2.19. The maximum atomic E-state index is 13.2. The van der Waals surface area contributed by atoms with Crippen molar-refractivity contribution >= 4 is 28.7 Å². The minimum absolute atomic E-state index is 0.175. The number of nitrogens with one attached hydrogen (secondary N) is 3. The van der Waals surface area contributed by atoms with Gasteiger partial charge in [0, 0.05) is 23.5 Å². The van der Waals surface area contributed by atoms with Crippen LogP contribution in [-0.4, -0.2) is 52.5 Å². The Kier molecular flexibility index (Phi) is 9.39. The number of benzene rings is 2. The molecule has 0 spiro atoms. The van der Waals surface area contributed by atoms with Crippen LogP contribution in [0.5, 0.6) is 0 Å². The number of amides is 2. The number of para-hydroxylation sites is 1. The number of H-pyrrole nitrogens is 1. The van der Waals surface area contributed by atoms with Crippen molar-refractivity contribution in [2.24, 2.45) is 11.5 Å². The molecule has 8 N–H and O–H groups in total. The second kappa shape index (κ2) is 12.7. The quantitative estimate of drug-likeness (QED) is 0.203. The molecule has 0 aliphatic heterocycles. The topological polar surface area (TPSA) is 163 Å². The molecule has 0 aliphatic carbocycles. The number of hydrogen-bond donors (Lipinski definition) is 6. The molecule has 0 fully saturated rings. The number of hydrogen-bond acceptors (Lipinski definition) is 5. The van der Waals surface area contributed by atoms with E-state index in [1.165, 1.54) is 0 Å². The molecule has 2 amide bonds. The van der Waals surface area contributed by atoms with Gasteiger partial charge in [-0.3, -0.25) is 9.59 Å². The van der Waals surface area contributed by atoms with Gasteiger partial charge in [0.2, 0.25) is 11.8 Å². The van der Waals surface area contributed by atoms with E-state index in [4.69, 9.17) is 11.5 Å². The van der Waals surface area contributed by atoms with E-state index in [0.29, 0.717) is 25.8 Å². The van der Waals surface area contributed by atoms with Crippen molar-refractivity contribution in [1.29, 1.82) is 0 Å². The second-order valence-electron chi connectivity index (χ2n) is 8.60. The number of unbranched alkanes of at least 4 members (excludes halogenated alkanes) is 1. The van der Waals surface area contributed by atoms with E-state index in [-0.39, 0.29) is 12.8 Å². The Balaban J connectivity index is 1.76. The van der Waals surface area contributed by atoms with E-state index in [9.17, 15) is 19.5 Å². The number of fused-ring (bicyclic) bond motifs is 1. The van der Waals surface area contributed by atoms with E-state index in [2.05, 4.69) is 15.6 Å². The summed E-state index contributed by atoms with van der Waals surface area (Å²) in [5.41, 5.74) is 14.3. The predicted octanol–water partition coefficient (Wildman–Crippen LogP) is 1.46. The van der Waals surface area contributed by atoms with Crippen LogP contribution in [0.3, 0.4) is 0 Å². The fourth-order valence-corrected chi connectivity index (χ4v) is 3.99. The number of nitrogens with two attached hydrogens (primary N) is 2. The molecule has 3 rings (SSSR count). The molecule has 0 unspecified atom stereocenters. The van der Waals surface area contributed by atoms with Crippen LogP contribution in [0.1, 0.15) is 30.4 Å². The van der Waals surface area contributed by atoms with Gasteiger partial charge in [-0.05, 0) is 49.4 Å². The Morgan fingerprint density at radius 2 is 1.57 bits per heavy atom. The van der Waals surface area contributed by atoms with Crippen molar-refractivity contribution in [1.82, 2.24) is 15.6 Å². The first kappa shape index (κ1) is 25.9. The van der Waals surface area contributed by atoms with E-state index in [0.717, 1.165) is 22.0 Å². The van der Waals surface area contributed by atoms with Crippen molar-refractivity contribution in [2.75, 3.05) is 6.54 Å². The van der Waals surface area contributed by atoms with E-state index >= 15 is 0 Å². The Hall–Kier alpha value is -3.69. The Bertz CT molecular complexity index is 1130. The van der Waals surface area contributed by atoms with E-state index in [1.807, 2.05) is 54.6 Å². The third kappa shape index (κ3) is 7.40. The normalized spacial score (nSPS) is 13.7. The molecule has 0 bridgehead atoms. The van der Waals surface area contributed by atoms with Gasteiger partial charge in [-0.1, -0.05) is 48.5 Å². The molecular formula is C26H33N5O4. The highest BCUT2D eigenvalue weighted by Gasteiger charge is 2.28. The highest BCUT2D eigenvalue weighted by Crippen LogP contribution is 2.19. The van der Waals surface area contributed by atoms with Crippen LogP contribution in [-0.2, 0) is 27.2 Å². The molecule has 1 heterocycles. The summed E-state index contributed by atoms with van der Waals surface area (Å²) in [6.45, 7) is 0.443. The van der Waals surface area contributed by atoms with Gasteiger partial charge in [0.15, 0.2) is 0 Å². The van der Waals surface area contributed by atoms with E-state index in [1.54, 1.807) is 6.20 Å². The first-order chi connectivity index (χ1) is 16.9. The van der Waals surface area contributed by atoms with Crippen LogP contribution >= 0.6 is 0 Å². The van der Waals surface area contributed by atoms with Gasteiger partial charge in [0.05, 0.1) is 6.04 Å². The number of rotatable bonds is 13. The summed E-state index contributed by atoms with van der Waals surface area (Å²) < 4.78 is 0. The number of carbonyl (C=O) groups excluding carboxylic acids is 2. The molecule has 0 radical (unpaired) electrons. The summed E-state index contributed by atoms with van der Waals surface area (Å²) in [4.78, 5) is 41.0. The first-order valence-corrected chi connectivity index (χ1v) is 11.8. The molecule has 3 aromatic rings. The summed E-state index contributed by atoms with van der Waals surface area (Å²) >= 11 is 0. The lowest BCUT2D eigenvalue weighted by molar-refractivity contribution is -0.142. The molecular weight excluding hydrogens is 446 g/mol. The average Bonchev–Trinajstić information content (AvgIpc) is 3.26. The minimum Gasteiger partial charge on any atom is -0.480 e. The summed E-state index contributed by atoms with van der Waals surface area (Å²) in [6, 6.07) is 14.1. The van der Waals surface area contributed by atoms with Crippen LogP contribution in [0.4, 0.5) is 0 Å². The molecule has 2 aromatic carbocycles. The van der Waals surface area contributed by atoms with Crippen molar-refractivity contribution in [3.05, 3.63) is 71.9 Å². The standard InChI is InChI=1S/C26H33N5O4/c27-13-7-6-12-22(26(34)35)30-25(33)23(15-18-16-29-21-11-5-4-10-19(18)21)31-24(32)20(28)14-17-8-2-1-3-9-17/h1-5,8-11,16,20,22-23,29H,6-7,12-15,27-28H2,(H,30,33)(H,31,32)(H,34,35)/t20-,22-,23-/m0/s1. The maximum absolute atomic E-state index is 13.2. The molecule has 186 valence electrons. The summed E-state index contributed by atoms with van der Waals surface area (Å²) in [7, 11) is 0. The number of carboxylic acid groups (broad SMARTS) is 1. The molecule has 1 aromatic heterocycles. The zero-order valence-electron chi connectivity index (χ0n) is 19.6. The fourth-order valence-electron chi connectivity index (χ4n) is 3.99. The van der Waals surface area contributed by atoms with Crippen LogP contribution in [0.25, 0.3) is 10.9 Å². The molecule has 9 nitrogen and oxygen atoms in total. The minimum atomic E-state index is -1.13. The Morgan fingerprint density at radius 1 is 0.886 bits per heavy atom. The van der Waals surface area contributed by atoms with Crippen molar-refractivity contribution in [3.63, 3.8) is 0 Å². The Morgan fingerprint density at radius 3 is 2.29 bits per heavy atom. The number of aliphatic carboxylic acids is 1. The number of aromatic amines is 1. The molecule has 9 heteroatoms. The van der Waals surface area contributed by atoms with Crippen molar-refractivity contribution < 1.29 is 19.5 Å². The summed E-state index contributed by atoms with van der Waals surface area (Å²) in [5, 5.41) is 15.8. The Labute approximate surface area is 204 Å². The zero-order chi connectivity index (χ0) is 25.2. The molecule has 3 atom stereocenters. The lowest BCUT2D eigenvalue weighted by Gasteiger charge is -2.23. The number of aromatic nitrogens is 1. The van der Waals surface area contributed by atoms with E-state index < -0.39 is 35.9 Å². The molecule has 0 saturated heterocycles. The lowest BCUT2D eigenvalue weighted by atomic mass is 10.0. The molecule has 0 aliphatic rings.